The van der Waals surface area contributed by atoms with E-state index in [1.807, 2.05) is 43.3 Å². The molecule has 6 heteroatoms. The third kappa shape index (κ3) is 3.96. The van der Waals surface area contributed by atoms with E-state index in [0.29, 0.717) is 12.2 Å². The van der Waals surface area contributed by atoms with E-state index < -0.39 is 10.0 Å². The summed E-state index contributed by atoms with van der Waals surface area (Å²) >= 11 is 0. The summed E-state index contributed by atoms with van der Waals surface area (Å²) in [6.07, 6.45) is 1.78. The minimum Gasteiger partial charge on any atom is -0.311 e. The molecule has 1 heterocycles. The standard InChI is InChI=1S/C24H24N2O3S/c1-19-13-15-21(16-14-19)26(30(28,29)22-10-3-2-4-11-22)18-24(27)25-17-7-9-20-8-5-6-12-23(20)25/h2-6,8,10-16H,7,9,17-18H2,1H3. The number of para-hydroxylation sites is 1. The van der Waals surface area contributed by atoms with Crippen molar-refractivity contribution in [3.05, 3.63) is 90.0 Å². The molecule has 0 aliphatic carbocycles. The van der Waals surface area contributed by atoms with Crippen LogP contribution in [0.3, 0.4) is 0 Å². The Kier molecular flexibility index (Phi) is 5.59. The van der Waals surface area contributed by atoms with Crippen molar-refractivity contribution in [1.82, 2.24) is 0 Å². The van der Waals surface area contributed by atoms with Gasteiger partial charge < -0.3 is 4.90 Å². The third-order valence-corrected chi connectivity index (χ3v) is 7.13. The van der Waals surface area contributed by atoms with Gasteiger partial charge in [0.05, 0.1) is 10.6 Å². The van der Waals surface area contributed by atoms with Gasteiger partial charge >= 0.3 is 0 Å². The second kappa shape index (κ2) is 8.32. The molecule has 0 saturated heterocycles. The van der Waals surface area contributed by atoms with Crippen LogP contribution in [0, 0.1) is 6.92 Å². The molecule has 0 aromatic heterocycles. The molecule has 0 unspecified atom stereocenters. The van der Waals surface area contributed by atoms with Gasteiger partial charge in [0.1, 0.15) is 6.54 Å². The molecular formula is C24H24N2O3S. The first kappa shape index (κ1) is 20.2. The number of anilines is 2. The topological polar surface area (TPSA) is 57.7 Å². The molecular weight excluding hydrogens is 396 g/mol. The molecule has 0 saturated carbocycles. The fourth-order valence-electron chi connectivity index (χ4n) is 3.75. The summed E-state index contributed by atoms with van der Waals surface area (Å²) in [6, 6.07) is 23.2. The van der Waals surface area contributed by atoms with Crippen molar-refractivity contribution in [2.45, 2.75) is 24.7 Å². The molecule has 1 amide bonds. The monoisotopic (exact) mass is 420 g/mol. The predicted octanol–water partition coefficient (Wildman–Crippen LogP) is 4.17. The number of hydrogen-bond donors (Lipinski definition) is 0. The van der Waals surface area contributed by atoms with E-state index in [0.717, 1.165) is 29.7 Å². The van der Waals surface area contributed by atoms with Crippen LogP contribution in [0.2, 0.25) is 0 Å². The highest BCUT2D eigenvalue weighted by Gasteiger charge is 2.30. The molecule has 0 bridgehead atoms. The van der Waals surface area contributed by atoms with Crippen LogP contribution in [-0.4, -0.2) is 27.4 Å². The second-order valence-electron chi connectivity index (χ2n) is 7.44. The molecule has 0 N–H and O–H groups in total. The number of amides is 1. The Hall–Kier alpha value is -3.12. The number of carbonyl (C=O) groups excluding carboxylic acids is 1. The van der Waals surface area contributed by atoms with Crippen molar-refractivity contribution in [2.75, 3.05) is 22.3 Å². The molecule has 3 aromatic rings. The number of nitrogens with zero attached hydrogens (tertiary/aromatic N) is 2. The average molecular weight is 421 g/mol. The molecule has 0 fully saturated rings. The Balaban J connectivity index is 1.71. The number of sulfonamides is 1. The number of hydrogen-bond acceptors (Lipinski definition) is 3. The predicted molar refractivity (Wildman–Crippen MR) is 119 cm³/mol. The molecule has 4 rings (SSSR count). The van der Waals surface area contributed by atoms with Crippen molar-refractivity contribution < 1.29 is 13.2 Å². The lowest BCUT2D eigenvalue weighted by molar-refractivity contribution is -0.117. The van der Waals surface area contributed by atoms with Crippen molar-refractivity contribution >= 4 is 27.3 Å². The van der Waals surface area contributed by atoms with Crippen molar-refractivity contribution in [2.24, 2.45) is 0 Å². The van der Waals surface area contributed by atoms with Crippen LogP contribution in [0.4, 0.5) is 11.4 Å². The molecule has 30 heavy (non-hydrogen) atoms. The third-order valence-electron chi connectivity index (χ3n) is 5.34. The first-order chi connectivity index (χ1) is 14.5. The van der Waals surface area contributed by atoms with Gasteiger partial charge in [-0.2, -0.15) is 0 Å². The van der Waals surface area contributed by atoms with Crippen LogP contribution in [0.5, 0.6) is 0 Å². The quantitative estimate of drug-likeness (QED) is 0.622. The van der Waals surface area contributed by atoms with Gasteiger partial charge in [-0.3, -0.25) is 9.10 Å². The van der Waals surface area contributed by atoms with Crippen LogP contribution < -0.4 is 9.21 Å². The Morgan fingerprint density at radius 3 is 2.33 bits per heavy atom. The Bertz CT molecular complexity index is 1140. The SMILES string of the molecule is Cc1ccc(N(CC(=O)N2CCCc3ccccc32)S(=O)(=O)c2ccccc2)cc1. The fourth-order valence-corrected chi connectivity index (χ4v) is 5.18. The van der Waals surface area contributed by atoms with Crippen LogP contribution in [0.1, 0.15) is 17.5 Å². The largest absolute Gasteiger partial charge is 0.311 e. The molecule has 5 nitrogen and oxygen atoms in total. The zero-order chi connectivity index (χ0) is 21.1. The number of benzene rings is 3. The van der Waals surface area contributed by atoms with Crippen molar-refractivity contribution in [3.63, 3.8) is 0 Å². The molecule has 1 aliphatic heterocycles. The van der Waals surface area contributed by atoms with Gasteiger partial charge in [0.25, 0.3) is 10.0 Å². The summed E-state index contributed by atoms with van der Waals surface area (Å²) in [5.74, 6) is -0.234. The van der Waals surface area contributed by atoms with Gasteiger partial charge in [-0.15, -0.1) is 0 Å². The van der Waals surface area contributed by atoms with E-state index in [1.54, 1.807) is 47.4 Å². The highest BCUT2D eigenvalue weighted by atomic mass is 32.2. The van der Waals surface area contributed by atoms with E-state index in [-0.39, 0.29) is 17.3 Å². The molecule has 3 aromatic carbocycles. The van der Waals surface area contributed by atoms with E-state index in [4.69, 9.17) is 0 Å². The Morgan fingerprint density at radius 2 is 1.60 bits per heavy atom. The molecule has 0 radical (unpaired) electrons. The van der Waals surface area contributed by atoms with Crippen molar-refractivity contribution in [1.29, 1.82) is 0 Å². The number of carbonyl (C=O) groups is 1. The van der Waals surface area contributed by atoms with Crippen molar-refractivity contribution in [3.8, 4) is 0 Å². The minimum absolute atomic E-state index is 0.164. The van der Waals surface area contributed by atoms with Gasteiger partial charge in [0.15, 0.2) is 0 Å². The lowest BCUT2D eigenvalue weighted by atomic mass is 10.0. The summed E-state index contributed by atoms with van der Waals surface area (Å²) in [7, 11) is -3.89. The first-order valence-electron chi connectivity index (χ1n) is 9.99. The number of fused-ring (bicyclic) bond motifs is 1. The molecule has 154 valence electrons. The molecule has 1 aliphatic rings. The van der Waals surface area contributed by atoms with Gasteiger partial charge in [0.2, 0.25) is 5.91 Å². The number of rotatable bonds is 5. The van der Waals surface area contributed by atoms with E-state index in [9.17, 15) is 13.2 Å². The van der Waals surface area contributed by atoms with Crippen LogP contribution in [0.25, 0.3) is 0 Å². The minimum atomic E-state index is -3.89. The summed E-state index contributed by atoms with van der Waals surface area (Å²) < 4.78 is 28.1. The van der Waals surface area contributed by atoms with E-state index >= 15 is 0 Å². The molecule has 0 spiro atoms. The van der Waals surface area contributed by atoms with Gasteiger partial charge in [-0.1, -0.05) is 54.1 Å². The highest BCUT2D eigenvalue weighted by molar-refractivity contribution is 7.92. The zero-order valence-corrected chi connectivity index (χ0v) is 17.7. The lowest BCUT2D eigenvalue weighted by Gasteiger charge is -2.32. The normalized spacial score (nSPS) is 13.6. The average Bonchev–Trinajstić information content (AvgIpc) is 2.78. The zero-order valence-electron chi connectivity index (χ0n) is 16.9. The van der Waals surface area contributed by atoms with Gasteiger partial charge in [-0.25, -0.2) is 8.42 Å². The first-order valence-corrected chi connectivity index (χ1v) is 11.4. The number of aryl methyl sites for hydroxylation is 2. The van der Waals surface area contributed by atoms with Gasteiger partial charge in [0, 0.05) is 12.2 Å². The maximum Gasteiger partial charge on any atom is 0.264 e. The van der Waals surface area contributed by atoms with Gasteiger partial charge in [-0.05, 0) is 55.7 Å². The highest BCUT2D eigenvalue weighted by Crippen LogP contribution is 2.29. The summed E-state index contributed by atoms with van der Waals surface area (Å²) in [4.78, 5) is 15.2. The maximum absolute atomic E-state index is 13.4. The smallest absolute Gasteiger partial charge is 0.264 e. The summed E-state index contributed by atoms with van der Waals surface area (Å²) in [5, 5.41) is 0. The Labute approximate surface area is 177 Å². The summed E-state index contributed by atoms with van der Waals surface area (Å²) in [5.41, 5.74) is 3.48. The van der Waals surface area contributed by atoms with Crippen LogP contribution in [-0.2, 0) is 21.2 Å². The second-order valence-corrected chi connectivity index (χ2v) is 9.30. The maximum atomic E-state index is 13.4. The van der Waals surface area contributed by atoms with Crippen LogP contribution in [0.15, 0.2) is 83.8 Å². The van der Waals surface area contributed by atoms with E-state index in [1.165, 1.54) is 4.31 Å². The lowest BCUT2D eigenvalue weighted by Crippen LogP contribution is -2.45. The molecule has 0 atom stereocenters. The summed E-state index contributed by atoms with van der Waals surface area (Å²) in [6.45, 7) is 2.27. The fraction of sp³-hybridized carbons (Fsp3) is 0.208. The van der Waals surface area contributed by atoms with E-state index in [2.05, 4.69) is 0 Å². The van der Waals surface area contributed by atoms with Crippen LogP contribution >= 0.6 is 0 Å². The Morgan fingerprint density at radius 1 is 0.933 bits per heavy atom.